The summed E-state index contributed by atoms with van der Waals surface area (Å²) in [6.07, 6.45) is 2.40. The second-order valence-corrected chi connectivity index (χ2v) is 9.12. The number of halogens is 1. The van der Waals surface area contributed by atoms with Crippen molar-refractivity contribution in [1.82, 2.24) is 14.7 Å². The highest BCUT2D eigenvalue weighted by molar-refractivity contribution is 8.16. The smallest absolute Gasteiger partial charge is 0.253 e. The fourth-order valence-electron chi connectivity index (χ4n) is 4.11. The summed E-state index contributed by atoms with van der Waals surface area (Å²) in [6, 6.07) is 7.14. The number of allylic oxidation sites excluding steroid dienone is 1. The van der Waals surface area contributed by atoms with Crippen LogP contribution >= 0.6 is 23.4 Å². The second-order valence-electron chi connectivity index (χ2n) is 7.88. The Hall–Kier alpha value is -2.25. The Balaban J connectivity index is 1.75. The number of amides is 2. The molecule has 0 radical (unpaired) electrons. The molecule has 30 heavy (non-hydrogen) atoms. The number of fused-ring (bicyclic) bond motifs is 1. The molecule has 1 saturated heterocycles. The Morgan fingerprint density at radius 2 is 1.93 bits per heavy atom. The number of carbonyl (C=O) groups is 2. The number of nitrogens with zero attached hydrogens (tertiary/aromatic N) is 4. The summed E-state index contributed by atoms with van der Waals surface area (Å²) in [7, 11) is 3.47. The zero-order valence-electron chi connectivity index (χ0n) is 17.4. The highest BCUT2D eigenvalue weighted by Gasteiger charge is 2.42. The average Bonchev–Trinajstić information content (AvgIpc) is 3.37. The van der Waals surface area contributed by atoms with Crippen molar-refractivity contribution in [3.63, 3.8) is 0 Å². The molecule has 1 fully saturated rings. The number of hydrogen-bond acceptors (Lipinski definition) is 5. The summed E-state index contributed by atoms with van der Waals surface area (Å²) in [4.78, 5) is 36.2. The first kappa shape index (κ1) is 21.0. The number of likely N-dealkylation sites (N-methyl/N-ethyl adjacent to an activating group) is 1. The van der Waals surface area contributed by atoms with E-state index in [4.69, 9.17) is 16.6 Å². The van der Waals surface area contributed by atoms with Gasteiger partial charge < -0.3 is 14.7 Å². The third kappa shape index (κ3) is 3.76. The van der Waals surface area contributed by atoms with Crippen molar-refractivity contribution in [2.45, 2.75) is 32.2 Å². The van der Waals surface area contributed by atoms with Gasteiger partial charge >= 0.3 is 0 Å². The number of likely N-dealkylation sites (tertiary alicyclic amines) is 1. The highest BCUT2D eigenvalue weighted by Crippen LogP contribution is 2.46. The van der Waals surface area contributed by atoms with Crippen molar-refractivity contribution in [3.05, 3.63) is 57.2 Å². The zero-order valence-corrected chi connectivity index (χ0v) is 19.0. The molecule has 3 aliphatic rings. The molecule has 1 aromatic carbocycles. The van der Waals surface area contributed by atoms with Crippen LogP contribution < -0.4 is 0 Å². The van der Waals surface area contributed by atoms with Gasteiger partial charge in [0.25, 0.3) is 5.91 Å². The van der Waals surface area contributed by atoms with E-state index >= 15 is 0 Å². The first-order chi connectivity index (χ1) is 14.4. The zero-order chi connectivity index (χ0) is 21.4. The molecule has 0 N–H and O–H groups in total. The Labute approximate surface area is 186 Å². The molecule has 0 spiro atoms. The van der Waals surface area contributed by atoms with Gasteiger partial charge in [0.2, 0.25) is 5.91 Å². The lowest BCUT2D eigenvalue weighted by Gasteiger charge is -2.37. The first-order valence-electron chi connectivity index (χ1n) is 10.1. The third-order valence-electron chi connectivity index (χ3n) is 5.63. The Kier molecular flexibility index (Phi) is 5.93. The van der Waals surface area contributed by atoms with Crippen molar-refractivity contribution in [2.24, 2.45) is 4.99 Å². The van der Waals surface area contributed by atoms with Gasteiger partial charge in [-0.3, -0.25) is 9.59 Å². The van der Waals surface area contributed by atoms with Crippen LogP contribution in [0.15, 0.2) is 51.6 Å². The normalized spacial score (nSPS) is 20.9. The number of thioether (sulfide) groups is 1. The summed E-state index contributed by atoms with van der Waals surface area (Å²) in [5.74, 6) is 0.00705. The fourth-order valence-corrected chi connectivity index (χ4v) is 5.31. The van der Waals surface area contributed by atoms with Gasteiger partial charge in [0.1, 0.15) is 0 Å². The summed E-state index contributed by atoms with van der Waals surface area (Å²) in [5.41, 5.74) is 2.95. The van der Waals surface area contributed by atoms with E-state index in [1.54, 1.807) is 19.0 Å². The van der Waals surface area contributed by atoms with Crippen LogP contribution in [0.2, 0.25) is 5.02 Å². The number of aliphatic imine (C=N–C) groups is 1. The molecule has 4 rings (SSSR count). The van der Waals surface area contributed by atoms with Crippen molar-refractivity contribution in [3.8, 4) is 0 Å². The Morgan fingerprint density at radius 3 is 2.60 bits per heavy atom. The van der Waals surface area contributed by atoms with Crippen LogP contribution in [0.5, 0.6) is 0 Å². The predicted molar refractivity (Wildman–Crippen MR) is 121 cm³/mol. The maximum atomic E-state index is 13.2. The highest BCUT2D eigenvalue weighted by atomic mass is 35.5. The minimum Gasteiger partial charge on any atom is -0.345 e. The van der Waals surface area contributed by atoms with Gasteiger partial charge in [-0.15, -0.1) is 0 Å². The molecule has 1 aromatic rings. The minimum atomic E-state index is -0.422. The van der Waals surface area contributed by atoms with Crippen LogP contribution in [0.3, 0.4) is 0 Å². The van der Waals surface area contributed by atoms with Crippen molar-refractivity contribution in [1.29, 1.82) is 0 Å². The number of benzene rings is 1. The van der Waals surface area contributed by atoms with E-state index in [0.29, 0.717) is 16.3 Å². The van der Waals surface area contributed by atoms with E-state index < -0.39 is 6.04 Å². The van der Waals surface area contributed by atoms with Crippen LogP contribution in [0.25, 0.3) is 0 Å². The second kappa shape index (κ2) is 8.47. The molecule has 0 aromatic heterocycles. The van der Waals surface area contributed by atoms with Gasteiger partial charge in [0.15, 0.2) is 5.17 Å². The quantitative estimate of drug-likeness (QED) is 0.703. The number of rotatable bonds is 4. The van der Waals surface area contributed by atoms with Crippen LogP contribution in [0.1, 0.15) is 37.8 Å². The van der Waals surface area contributed by atoms with Gasteiger partial charge in [-0.05, 0) is 36.8 Å². The van der Waals surface area contributed by atoms with Gasteiger partial charge in [0, 0.05) is 37.9 Å². The van der Waals surface area contributed by atoms with E-state index in [-0.39, 0.29) is 18.2 Å². The van der Waals surface area contributed by atoms with Crippen LogP contribution in [0, 0.1) is 0 Å². The molecule has 1 unspecified atom stereocenters. The van der Waals surface area contributed by atoms with Crippen molar-refractivity contribution in [2.75, 3.05) is 27.2 Å². The van der Waals surface area contributed by atoms with Gasteiger partial charge in [0.05, 0.1) is 23.7 Å². The van der Waals surface area contributed by atoms with Gasteiger partial charge in [-0.2, -0.15) is 0 Å². The molecule has 6 nitrogen and oxygen atoms in total. The predicted octanol–water partition coefficient (Wildman–Crippen LogP) is 4.02. The van der Waals surface area contributed by atoms with Crippen LogP contribution in [-0.4, -0.2) is 58.9 Å². The Bertz CT molecular complexity index is 979. The monoisotopic (exact) mass is 444 g/mol. The molecule has 3 heterocycles. The lowest BCUT2D eigenvalue weighted by Crippen LogP contribution is -2.40. The molecule has 3 aliphatic heterocycles. The van der Waals surface area contributed by atoms with E-state index in [1.807, 2.05) is 46.4 Å². The van der Waals surface area contributed by atoms with Crippen LogP contribution in [-0.2, 0) is 9.59 Å². The SMILES string of the molecule is CC1=C(C(=O)N(C)C)C(c2ccccc2Cl)N2C(CC(=O)N3CCCC3)=CSC2=N1. The summed E-state index contributed by atoms with van der Waals surface area (Å²) in [5, 5.41) is 3.34. The number of amidine groups is 1. The largest absolute Gasteiger partial charge is 0.345 e. The molecule has 0 saturated carbocycles. The maximum Gasteiger partial charge on any atom is 0.253 e. The first-order valence-corrected chi connectivity index (χ1v) is 11.3. The standard InChI is InChI=1S/C22H25ClN4O2S/c1-14-19(21(29)25(2)3)20(16-8-4-5-9-17(16)23)27-15(13-30-22(27)24-14)12-18(28)26-10-6-7-11-26/h4-5,8-9,13,20H,6-7,10-12H2,1-3H3. The molecule has 158 valence electrons. The van der Waals surface area contributed by atoms with E-state index in [9.17, 15) is 9.59 Å². The molecule has 0 bridgehead atoms. The topological polar surface area (TPSA) is 56.2 Å². The van der Waals surface area contributed by atoms with Gasteiger partial charge in [-0.25, -0.2) is 4.99 Å². The fraction of sp³-hybridized carbons (Fsp3) is 0.409. The van der Waals surface area contributed by atoms with Gasteiger partial charge in [-0.1, -0.05) is 41.6 Å². The molecule has 0 aliphatic carbocycles. The number of carbonyl (C=O) groups excluding carboxylic acids is 2. The molecule has 8 heteroatoms. The van der Waals surface area contributed by atoms with E-state index in [0.717, 1.165) is 42.4 Å². The van der Waals surface area contributed by atoms with Crippen LogP contribution in [0.4, 0.5) is 0 Å². The van der Waals surface area contributed by atoms with Crippen molar-refractivity contribution >= 4 is 40.3 Å². The maximum absolute atomic E-state index is 13.2. The molecule has 1 atom stereocenters. The molecular weight excluding hydrogens is 420 g/mol. The van der Waals surface area contributed by atoms with E-state index in [2.05, 4.69) is 0 Å². The lowest BCUT2D eigenvalue weighted by atomic mass is 9.93. The summed E-state index contributed by atoms with van der Waals surface area (Å²) in [6.45, 7) is 3.49. The molecule has 2 amide bonds. The van der Waals surface area contributed by atoms with Crippen molar-refractivity contribution < 1.29 is 9.59 Å². The number of hydrogen-bond donors (Lipinski definition) is 0. The minimum absolute atomic E-state index is 0.109. The van der Waals surface area contributed by atoms with E-state index in [1.165, 1.54) is 11.8 Å². The third-order valence-corrected chi connectivity index (χ3v) is 6.86. The Morgan fingerprint density at radius 1 is 1.23 bits per heavy atom. The summed E-state index contributed by atoms with van der Waals surface area (Å²) < 4.78 is 0. The molecular formula is C22H25ClN4O2S. The average molecular weight is 445 g/mol. The summed E-state index contributed by atoms with van der Waals surface area (Å²) >= 11 is 8.08. The lowest BCUT2D eigenvalue weighted by molar-refractivity contribution is -0.129.